The quantitative estimate of drug-likeness (QED) is 0.736. The molecule has 2 aromatic heterocycles. The van der Waals surface area contributed by atoms with Gasteiger partial charge in [-0.3, -0.25) is 4.79 Å². The summed E-state index contributed by atoms with van der Waals surface area (Å²) in [5.74, 6) is 3.15. The lowest BCUT2D eigenvalue weighted by Gasteiger charge is -2.44. The van der Waals surface area contributed by atoms with Gasteiger partial charge in [0.15, 0.2) is 5.76 Å². The van der Waals surface area contributed by atoms with Crippen molar-refractivity contribution >= 4 is 5.91 Å². The van der Waals surface area contributed by atoms with E-state index >= 15 is 0 Å². The molecule has 0 saturated carbocycles. The smallest absolute Gasteiger partial charge is 0.287 e. The highest BCUT2D eigenvalue weighted by atomic mass is 16.4. The molecule has 0 radical (unpaired) electrons. The standard InChI is InChI=1S/C23H24N2O3/c1-15-6-7-20(27-15)17-4-2-3-5-18(17)21-8-9-22(28-21)23(26)24-19-14-25-12-10-16(19)11-13-25/h2-9,16,19H,10-14H2,1H3,(H,24,26). The van der Waals surface area contributed by atoms with Crippen LogP contribution in [0.4, 0.5) is 0 Å². The highest BCUT2D eigenvalue weighted by Gasteiger charge is 2.35. The van der Waals surface area contributed by atoms with Crippen molar-refractivity contribution in [3.05, 3.63) is 60.1 Å². The number of carbonyl (C=O) groups is 1. The van der Waals surface area contributed by atoms with Crippen LogP contribution in [0.3, 0.4) is 0 Å². The molecule has 1 atom stereocenters. The van der Waals surface area contributed by atoms with Crippen molar-refractivity contribution in [2.75, 3.05) is 19.6 Å². The molecular formula is C23H24N2O3. The van der Waals surface area contributed by atoms with Crippen LogP contribution in [0.25, 0.3) is 22.6 Å². The van der Waals surface area contributed by atoms with Crippen LogP contribution in [0.1, 0.15) is 29.2 Å². The first-order valence-corrected chi connectivity index (χ1v) is 9.96. The molecule has 2 bridgehead atoms. The van der Waals surface area contributed by atoms with Crippen LogP contribution in [0.2, 0.25) is 0 Å². The third-order valence-electron chi connectivity index (χ3n) is 6.00. The average Bonchev–Trinajstić information content (AvgIpc) is 3.38. The molecule has 28 heavy (non-hydrogen) atoms. The van der Waals surface area contributed by atoms with E-state index in [1.807, 2.05) is 49.4 Å². The summed E-state index contributed by atoms with van der Waals surface area (Å²) in [6, 6.07) is 15.7. The fraction of sp³-hybridized carbons (Fsp3) is 0.348. The minimum atomic E-state index is -0.128. The summed E-state index contributed by atoms with van der Waals surface area (Å²) in [5.41, 5.74) is 1.87. The lowest BCUT2D eigenvalue weighted by atomic mass is 9.84. The van der Waals surface area contributed by atoms with Crippen molar-refractivity contribution in [3.8, 4) is 22.6 Å². The van der Waals surface area contributed by atoms with Crippen LogP contribution >= 0.6 is 0 Å². The number of benzene rings is 1. The zero-order chi connectivity index (χ0) is 19.1. The summed E-state index contributed by atoms with van der Waals surface area (Å²) in [6.45, 7) is 5.19. The molecule has 144 valence electrons. The number of fused-ring (bicyclic) bond motifs is 3. The molecule has 3 fully saturated rings. The number of piperidine rings is 3. The Balaban J connectivity index is 1.37. The van der Waals surface area contributed by atoms with Gasteiger partial charge < -0.3 is 19.1 Å². The number of rotatable bonds is 4. The Morgan fingerprint density at radius 2 is 1.64 bits per heavy atom. The molecule has 0 aliphatic carbocycles. The molecule has 5 nitrogen and oxygen atoms in total. The molecule has 1 unspecified atom stereocenters. The first-order chi connectivity index (χ1) is 13.7. The monoisotopic (exact) mass is 376 g/mol. The molecule has 6 rings (SSSR count). The summed E-state index contributed by atoms with van der Waals surface area (Å²) >= 11 is 0. The van der Waals surface area contributed by atoms with Gasteiger partial charge in [-0.25, -0.2) is 0 Å². The SMILES string of the molecule is Cc1ccc(-c2ccccc2-c2ccc(C(=O)NC3CN4CCC3CC4)o2)o1. The van der Waals surface area contributed by atoms with Crippen LogP contribution in [0.5, 0.6) is 0 Å². The first kappa shape index (κ1) is 17.3. The maximum Gasteiger partial charge on any atom is 0.287 e. The fourth-order valence-corrected chi connectivity index (χ4v) is 4.46. The van der Waals surface area contributed by atoms with Crippen LogP contribution < -0.4 is 5.32 Å². The number of amides is 1. The molecule has 3 saturated heterocycles. The van der Waals surface area contributed by atoms with E-state index in [0.29, 0.717) is 17.4 Å². The van der Waals surface area contributed by atoms with E-state index in [0.717, 1.165) is 42.3 Å². The topological polar surface area (TPSA) is 58.6 Å². The van der Waals surface area contributed by atoms with Gasteiger partial charge in [0.1, 0.15) is 17.3 Å². The van der Waals surface area contributed by atoms with Gasteiger partial charge in [0.2, 0.25) is 0 Å². The second-order valence-corrected chi connectivity index (χ2v) is 7.84. The van der Waals surface area contributed by atoms with Crippen molar-refractivity contribution in [1.29, 1.82) is 0 Å². The molecule has 0 spiro atoms. The molecule has 3 aromatic rings. The number of hydrogen-bond acceptors (Lipinski definition) is 4. The summed E-state index contributed by atoms with van der Waals surface area (Å²) in [4.78, 5) is 15.2. The number of nitrogens with one attached hydrogen (secondary N) is 1. The van der Waals surface area contributed by atoms with Gasteiger partial charge in [0.05, 0.1) is 0 Å². The minimum Gasteiger partial charge on any atom is -0.461 e. The van der Waals surface area contributed by atoms with E-state index in [1.54, 1.807) is 6.07 Å². The van der Waals surface area contributed by atoms with Crippen molar-refractivity contribution in [3.63, 3.8) is 0 Å². The van der Waals surface area contributed by atoms with Gasteiger partial charge in [-0.2, -0.15) is 0 Å². The maximum absolute atomic E-state index is 12.8. The lowest BCUT2D eigenvalue weighted by Crippen LogP contribution is -2.57. The van der Waals surface area contributed by atoms with Gasteiger partial charge in [-0.05, 0) is 63.0 Å². The maximum atomic E-state index is 12.8. The minimum absolute atomic E-state index is 0.128. The van der Waals surface area contributed by atoms with E-state index < -0.39 is 0 Å². The van der Waals surface area contributed by atoms with Gasteiger partial charge in [0, 0.05) is 23.7 Å². The van der Waals surface area contributed by atoms with Crippen LogP contribution in [-0.4, -0.2) is 36.5 Å². The molecule has 5 heterocycles. The fourth-order valence-electron chi connectivity index (χ4n) is 4.46. The number of aryl methyl sites for hydroxylation is 1. The zero-order valence-corrected chi connectivity index (χ0v) is 16.0. The molecule has 5 heteroatoms. The molecule has 1 N–H and O–H groups in total. The Labute approximate surface area is 164 Å². The number of nitrogens with zero attached hydrogens (tertiary/aromatic N) is 1. The lowest BCUT2D eigenvalue weighted by molar-refractivity contribution is 0.0606. The largest absolute Gasteiger partial charge is 0.461 e. The average molecular weight is 376 g/mol. The molecule has 3 aliphatic heterocycles. The van der Waals surface area contributed by atoms with E-state index in [2.05, 4.69) is 10.2 Å². The number of carbonyl (C=O) groups excluding carboxylic acids is 1. The van der Waals surface area contributed by atoms with E-state index in [1.165, 1.54) is 12.8 Å². The van der Waals surface area contributed by atoms with Gasteiger partial charge in [-0.15, -0.1) is 0 Å². The molecular weight excluding hydrogens is 352 g/mol. The van der Waals surface area contributed by atoms with Crippen molar-refractivity contribution in [1.82, 2.24) is 10.2 Å². The van der Waals surface area contributed by atoms with Gasteiger partial charge >= 0.3 is 0 Å². The first-order valence-electron chi connectivity index (χ1n) is 9.96. The number of furan rings is 2. The highest BCUT2D eigenvalue weighted by molar-refractivity contribution is 5.92. The molecule has 1 amide bonds. The van der Waals surface area contributed by atoms with E-state index in [-0.39, 0.29) is 11.9 Å². The second-order valence-electron chi connectivity index (χ2n) is 7.84. The molecule has 1 aromatic carbocycles. The number of hydrogen-bond donors (Lipinski definition) is 1. The predicted octanol–water partition coefficient (Wildman–Crippen LogP) is 4.34. The Hall–Kier alpha value is -2.79. The third-order valence-corrected chi connectivity index (χ3v) is 6.00. The Morgan fingerprint density at radius 3 is 2.25 bits per heavy atom. The van der Waals surface area contributed by atoms with Crippen LogP contribution in [0, 0.1) is 12.8 Å². The second kappa shape index (κ2) is 6.99. The Kier molecular flexibility index (Phi) is 4.32. The summed E-state index contributed by atoms with van der Waals surface area (Å²) in [5, 5.41) is 3.19. The van der Waals surface area contributed by atoms with Crippen molar-refractivity contribution < 1.29 is 13.6 Å². The van der Waals surface area contributed by atoms with Crippen molar-refractivity contribution in [2.24, 2.45) is 5.92 Å². The zero-order valence-electron chi connectivity index (χ0n) is 16.0. The van der Waals surface area contributed by atoms with E-state index in [4.69, 9.17) is 8.83 Å². The van der Waals surface area contributed by atoms with Crippen LogP contribution in [-0.2, 0) is 0 Å². The molecule has 3 aliphatic rings. The van der Waals surface area contributed by atoms with Crippen molar-refractivity contribution in [2.45, 2.75) is 25.8 Å². The van der Waals surface area contributed by atoms with Crippen LogP contribution in [0.15, 0.2) is 57.4 Å². The Bertz CT molecular complexity index is 995. The predicted molar refractivity (Wildman–Crippen MR) is 107 cm³/mol. The summed E-state index contributed by atoms with van der Waals surface area (Å²) < 4.78 is 11.7. The third kappa shape index (κ3) is 3.16. The van der Waals surface area contributed by atoms with Gasteiger partial charge in [0.25, 0.3) is 5.91 Å². The van der Waals surface area contributed by atoms with E-state index in [9.17, 15) is 4.79 Å². The van der Waals surface area contributed by atoms with Gasteiger partial charge in [-0.1, -0.05) is 24.3 Å². The summed E-state index contributed by atoms with van der Waals surface area (Å²) in [6.07, 6.45) is 2.34. The normalized spacial score (nSPS) is 23.7. The summed E-state index contributed by atoms with van der Waals surface area (Å²) in [7, 11) is 0. The Morgan fingerprint density at radius 1 is 0.964 bits per heavy atom. The highest BCUT2D eigenvalue weighted by Crippen LogP contribution is 2.34.